The maximum atomic E-state index is 13.7. The number of halogens is 2. The van der Waals surface area contributed by atoms with Gasteiger partial charge in [-0.3, -0.25) is 19.3 Å². The van der Waals surface area contributed by atoms with E-state index in [1.807, 2.05) is 0 Å². The third kappa shape index (κ3) is 4.65. The van der Waals surface area contributed by atoms with Crippen molar-refractivity contribution >= 4 is 56.5 Å². The van der Waals surface area contributed by atoms with E-state index in [4.69, 9.17) is 9.47 Å². The molecule has 3 amide bonds. The van der Waals surface area contributed by atoms with Crippen LogP contribution in [0.2, 0.25) is 0 Å². The highest BCUT2D eigenvalue weighted by Crippen LogP contribution is 2.38. The maximum absolute atomic E-state index is 13.7. The molecule has 7 nitrogen and oxygen atoms in total. The molecule has 0 radical (unpaired) electrons. The van der Waals surface area contributed by atoms with Crippen LogP contribution in [0, 0.1) is 5.82 Å². The van der Waals surface area contributed by atoms with Crippen LogP contribution in [0.15, 0.2) is 45.8 Å². The summed E-state index contributed by atoms with van der Waals surface area (Å²) >= 11 is 4.08. The Bertz CT molecular complexity index is 1060. The SMILES string of the molecule is COc1cc(/C=C2/SC(=O)N(CC(=O)Nc3ccccc3F)C2=O)cc(Br)c1OC. The lowest BCUT2D eigenvalue weighted by molar-refractivity contribution is -0.127. The van der Waals surface area contributed by atoms with Crippen LogP contribution < -0.4 is 14.8 Å². The third-order valence-corrected chi connectivity index (χ3v) is 5.57. The molecule has 3 rings (SSSR count). The molecule has 1 aliphatic heterocycles. The summed E-state index contributed by atoms with van der Waals surface area (Å²) in [7, 11) is 2.98. The normalized spacial score (nSPS) is 14.9. The predicted molar refractivity (Wildman–Crippen MR) is 115 cm³/mol. The number of methoxy groups -OCH3 is 2. The van der Waals surface area contributed by atoms with Gasteiger partial charge in [0.1, 0.15) is 12.4 Å². The molecule has 0 aliphatic carbocycles. The minimum atomic E-state index is -0.683. The van der Waals surface area contributed by atoms with E-state index in [1.165, 1.54) is 38.5 Å². The van der Waals surface area contributed by atoms with Gasteiger partial charge in [0.15, 0.2) is 11.5 Å². The highest BCUT2D eigenvalue weighted by molar-refractivity contribution is 9.10. The molecular weight excluding hydrogens is 479 g/mol. The van der Waals surface area contributed by atoms with Gasteiger partial charge >= 0.3 is 0 Å². The molecule has 0 atom stereocenters. The number of ether oxygens (including phenoxy) is 2. The maximum Gasteiger partial charge on any atom is 0.294 e. The fourth-order valence-electron chi connectivity index (χ4n) is 2.70. The Morgan fingerprint density at radius 3 is 2.63 bits per heavy atom. The number of hydrogen-bond donors (Lipinski definition) is 1. The summed E-state index contributed by atoms with van der Waals surface area (Å²) in [5, 5.41) is 1.76. The molecule has 1 aliphatic rings. The topological polar surface area (TPSA) is 84.9 Å². The highest BCUT2D eigenvalue weighted by atomic mass is 79.9. The minimum Gasteiger partial charge on any atom is -0.493 e. The number of anilines is 1. The van der Waals surface area contributed by atoms with Crippen LogP contribution in [0.25, 0.3) is 6.08 Å². The van der Waals surface area contributed by atoms with Gasteiger partial charge in [-0.15, -0.1) is 0 Å². The number of amides is 3. The number of hydrogen-bond acceptors (Lipinski definition) is 6. The number of nitrogens with zero attached hydrogens (tertiary/aromatic N) is 1. The van der Waals surface area contributed by atoms with Crippen molar-refractivity contribution in [3.05, 3.63) is 57.2 Å². The fourth-order valence-corrected chi connectivity index (χ4v) is 4.16. The second-order valence-electron chi connectivity index (χ2n) is 6.03. The number of benzene rings is 2. The molecule has 0 bridgehead atoms. The zero-order valence-corrected chi connectivity index (χ0v) is 18.3. The third-order valence-electron chi connectivity index (χ3n) is 4.08. The molecule has 0 spiro atoms. The molecular formula is C20H16BrFN2O5S. The van der Waals surface area contributed by atoms with Crippen LogP contribution in [0.1, 0.15) is 5.56 Å². The second kappa shape index (κ2) is 9.31. The zero-order valence-electron chi connectivity index (χ0n) is 15.9. The van der Waals surface area contributed by atoms with Crippen molar-refractivity contribution in [3.63, 3.8) is 0 Å². The Kier molecular flexibility index (Phi) is 6.78. The number of carbonyl (C=O) groups is 3. The van der Waals surface area contributed by atoms with Gasteiger partial charge in [-0.2, -0.15) is 0 Å². The summed E-state index contributed by atoms with van der Waals surface area (Å²) in [5.41, 5.74) is 0.570. The molecule has 2 aromatic rings. The Balaban J connectivity index is 1.77. The standard InChI is InChI=1S/C20H16BrFN2O5S/c1-28-15-8-11(7-12(21)18(15)29-2)9-16-19(26)24(20(27)30-16)10-17(25)23-14-6-4-3-5-13(14)22/h3-9H,10H2,1-2H3,(H,23,25)/b16-9+. The first-order chi connectivity index (χ1) is 14.3. The Labute approximate surface area is 184 Å². The van der Waals surface area contributed by atoms with Crippen molar-refractivity contribution in [2.75, 3.05) is 26.1 Å². The summed E-state index contributed by atoms with van der Waals surface area (Å²) in [6.45, 7) is -0.522. The number of para-hydroxylation sites is 1. The molecule has 10 heteroatoms. The number of rotatable bonds is 6. The smallest absolute Gasteiger partial charge is 0.294 e. The Hall–Kier alpha value is -2.85. The van der Waals surface area contributed by atoms with Crippen molar-refractivity contribution in [2.24, 2.45) is 0 Å². The lowest BCUT2D eigenvalue weighted by Crippen LogP contribution is -2.36. The zero-order chi connectivity index (χ0) is 21.8. The van der Waals surface area contributed by atoms with Gasteiger partial charge in [0.2, 0.25) is 5.91 Å². The molecule has 1 N–H and O–H groups in total. The van der Waals surface area contributed by atoms with Gasteiger partial charge in [0.05, 0.1) is 29.3 Å². The van der Waals surface area contributed by atoms with Gasteiger partial charge in [0, 0.05) is 0 Å². The number of carbonyl (C=O) groups excluding carboxylic acids is 3. The summed E-state index contributed by atoms with van der Waals surface area (Å²) in [4.78, 5) is 38.0. The minimum absolute atomic E-state index is 0.0276. The molecule has 0 saturated carbocycles. The monoisotopic (exact) mass is 494 g/mol. The largest absolute Gasteiger partial charge is 0.493 e. The first-order valence-electron chi connectivity index (χ1n) is 8.55. The van der Waals surface area contributed by atoms with Crippen LogP contribution in [-0.4, -0.2) is 42.7 Å². The summed E-state index contributed by atoms with van der Waals surface area (Å²) in [6.07, 6.45) is 1.52. The molecule has 2 aromatic carbocycles. The van der Waals surface area contributed by atoms with Crippen molar-refractivity contribution in [1.82, 2.24) is 4.90 Å². The average Bonchev–Trinajstić information content (AvgIpc) is 2.96. The molecule has 0 aromatic heterocycles. The quantitative estimate of drug-likeness (QED) is 0.603. The Morgan fingerprint density at radius 2 is 1.97 bits per heavy atom. The van der Waals surface area contributed by atoms with Gasteiger partial charge in [-0.05, 0) is 63.6 Å². The molecule has 1 heterocycles. The van der Waals surface area contributed by atoms with E-state index in [0.29, 0.717) is 33.3 Å². The predicted octanol–water partition coefficient (Wildman–Crippen LogP) is 4.28. The van der Waals surface area contributed by atoms with Gasteiger partial charge in [0.25, 0.3) is 11.1 Å². The van der Waals surface area contributed by atoms with Gasteiger partial charge in [-0.25, -0.2) is 4.39 Å². The van der Waals surface area contributed by atoms with Crippen LogP contribution in [0.5, 0.6) is 11.5 Å². The van der Waals surface area contributed by atoms with E-state index < -0.39 is 29.4 Å². The van der Waals surface area contributed by atoms with E-state index >= 15 is 0 Å². The molecule has 156 valence electrons. The molecule has 0 unspecified atom stereocenters. The number of thioether (sulfide) groups is 1. The van der Waals surface area contributed by atoms with E-state index in [-0.39, 0.29) is 10.6 Å². The highest BCUT2D eigenvalue weighted by Gasteiger charge is 2.36. The summed E-state index contributed by atoms with van der Waals surface area (Å²) in [6, 6.07) is 8.99. The van der Waals surface area contributed by atoms with Crippen molar-refractivity contribution in [2.45, 2.75) is 0 Å². The molecule has 1 fully saturated rings. The van der Waals surface area contributed by atoms with Crippen molar-refractivity contribution < 1.29 is 28.2 Å². The van der Waals surface area contributed by atoms with E-state index in [9.17, 15) is 18.8 Å². The molecule has 1 saturated heterocycles. The van der Waals surface area contributed by atoms with E-state index in [0.717, 1.165) is 4.90 Å². The first kappa shape index (κ1) is 21.8. The van der Waals surface area contributed by atoms with Crippen LogP contribution in [0.3, 0.4) is 0 Å². The van der Waals surface area contributed by atoms with Gasteiger partial charge in [-0.1, -0.05) is 12.1 Å². The first-order valence-corrected chi connectivity index (χ1v) is 10.2. The van der Waals surface area contributed by atoms with E-state index in [2.05, 4.69) is 21.2 Å². The van der Waals surface area contributed by atoms with Gasteiger partial charge < -0.3 is 14.8 Å². The van der Waals surface area contributed by atoms with E-state index in [1.54, 1.807) is 18.2 Å². The average molecular weight is 495 g/mol. The van der Waals surface area contributed by atoms with Crippen molar-refractivity contribution in [3.8, 4) is 11.5 Å². The van der Waals surface area contributed by atoms with Crippen LogP contribution >= 0.6 is 27.7 Å². The van der Waals surface area contributed by atoms with Crippen LogP contribution in [-0.2, 0) is 9.59 Å². The lowest BCUT2D eigenvalue weighted by Gasteiger charge is -2.13. The summed E-state index contributed by atoms with van der Waals surface area (Å²) in [5.74, 6) is -0.967. The Morgan fingerprint density at radius 1 is 1.23 bits per heavy atom. The summed E-state index contributed by atoms with van der Waals surface area (Å²) < 4.78 is 24.8. The fraction of sp³-hybridized carbons (Fsp3) is 0.150. The number of imide groups is 1. The van der Waals surface area contributed by atoms with Crippen molar-refractivity contribution in [1.29, 1.82) is 0 Å². The van der Waals surface area contributed by atoms with Crippen LogP contribution in [0.4, 0.5) is 14.9 Å². The molecule has 30 heavy (non-hydrogen) atoms. The lowest BCUT2D eigenvalue weighted by atomic mass is 10.2. The second-order valence-corrected chi connectivity index (χ2v) is 7.88. The number of nitrogens with one attached hydrogen (secondary N) is 1.